The zero-order valence-corrected chi connectivity index (χ0v) is 12.0. The van der Waals surface area contributed by atoms with Gasteiger partial charge in [-0.05, 0) is 24.8 Å². The van der Waals surface area contributed by atoms with Crippen molar-refractivity contribution in [1.82, 2.24) is 5.32 Å². The first-order chi connectivity index (χ1) is 9.61. The van der Waals surface area contributed by atoms with Gasteiger partial charge in [0.1, 0.15) is 4.99 Å². The van der Waals surface area contributed by atoms with Crippen molar-refractivity contribution < 1.29 is 9.53 Å². The van der Waals surface area contributed by atoms with Gasteiger partial charge in [0.05, 0.1) is 24.7 Å². The van der Waals surface area contributed by atoms with Gasteiger partial charge in [-0.2, -0.15) is 0 Å². The van der Waals surface area contributed by atoms with Crippen molar-refractivity contribution in [3.8, 4) is 0 Å². The van der Waals surface area contributed by atoms with Gasteiger partial charge in [-0.15, -0.1) is 0 Å². The molecule has 0 aliphatic carbocycles. The van der Waals surface area contributed by atoms with Crippen molar-refractivity contribution in [2.45, 2.75) is 43.9 Å². The van der Waals surface area contributed by atoms with Crippen molar-refractivity contribution in [3.05, 3.63) is 35.4 Å². The van der Waals surface area contributed by atoms with E-state index in [1.165, 1.54) is 0 Å². The second-order valence-corrected chi connectivity index (χ2v) is 5.96. The Hall–Kier alpha value is -1.46. The third-order valence-electron chi connectivity index (χ3n) is 4.06. The fraction of sp³-hybridized carbons (Fsp3) is 0.467. The Labute approximate surface area is 123 Å². The van der Waals surface area contributed by atoms with Gasteiger partial charge >= 0.3 is 0 Å². The molecule has 3 N–H and O–H groups in total. The van der Waals surface area contributed by atoms with Crippen LogP contribution in [-0.2, 0) is 16.0 Å². The lowest BCUT2D eigenvalue weighted by Gasteiger charge is -2.20. The summed E-state index contributed by atoms with van der Waals surface area (Å²) < 4.78 is 5.74. The molecule has 3 rings (SSSR count). The molecule has 1 amide bonds. The topological polar surface area (TPSA) is 64.4 Å². The van der Waals surface area contributed by atoms with Gasteiger partial charge in [0.2, 0.25) is 5.91 Å². The number of nitrogens with one attached hydrogen (secondary N) is 1. The standard InChI is InChI=1S/C15H18N2O2S/c16-15(20)10-3-1-9(2-4-10)7-14(18)17-12-8-11-5-6-13(12)19-11/h1-4,11-13H,5-8H2,(H2,16,20)(H,17,18). The molecular formula is C15H18N2O2S. The maximum Gasteiger partial charge on any atom is 0.224 e. The molecule has 1 aromatic rings. The van der Waals surface area contributed by atoms with Gasteiger partial charge in [-0.25, -0.2) is 0 Å². The molecule has 2 saturated heterocycles. The highest BCUT2D eigenvalue weighted by Gasteiger charge is 2.41. The van der Waals surface area contributed by atoms with Gasteiger partial charge in [0, 0.05) is 5.56 Å². The Kier molecular flexibility index (Phi) is 3.72. The fourth-order valence-corrected chi connectivity index (χ4v) is 3.16. The summed E-state index contributed by atoms with van der Waals surface area (Å²) in [6.07, 6.45) is 4.12. The number of rotatable bonds is 4. The van der Waals surface area contributed by atoms with Crippen LogP contribution in [0, 0.1) is 0 Å². The van der Waals surface area contributed by atoms with E-state index in [-0.39, 0.29) is 18.1 Å². The quantitative estimate of drug-likeness (QED) is 0.820. The summed E-state index contributed by atoms with van der Waals surface area (Å²) in [5, 5.41) is 3.08. The van der Waals surface area contributed by atoms with Crippen LogP contribution in [0.15, 0.2) is 24.3 Å². The Morgan fingerprint density at radius 2 is 2.10 bits per heavy atom. The third-order valence-corrected chi connectivity index (χ3v) is 4.29. The Morgan fingerprint density at radius 3 is 2.65 bits per heavy atom. The van der Waals surface area contributed by atoms with Crippen molar-refractivity contribution in [3.63, 3.8) is 0 Å². The summed E-state index contributed by atoms with van der Waals surface area (Å²) in [5.41, 5.74) is 7.34. The van der Waals surface area contributed by atoms with Crippen LogP contribution in [0.4, 0.5) is 0 Å². The normalized spacial score (nSPS) is 27.5. The van der Waals surface area contributed by atoms with Gasteiger partial charge < -0.3 is 15.8 Å². The summed E-state index contributed by atoms with van der Waals surface area (Å²) in [5.74, 6) is 0.0502. The van der Waals surface area contributed by atoms with Crippen LogP contribution in [0.2, 0.25) is 0 Å². The maximum atomic E-state index is 12.0. The lowest BCUT2D eigenvalue weighted by atomic mass is 9.95. The van der Waals surface area contributed by atoms with Gasteiger partial charge in [-0.3, -0.25) is 4.79 Å². The molecule has 2 aliphatic heterocycles. The SMILES string of the molecule is NC(=S)c1ccc(CC(=O)NC2CC3CCC2O3)cc1. The average Bonchev–Trinajstić information content (AvgIpc) is 3.01. The van der Waals surface area contributed by atoms with Crippen molar-refractivity contribution in [2.75, 3.05) is 0 Å². The second-order valence-electron chi connectivity index (χ2n) is 5.52. The van der Waals surface area contributed by atoms with E-state index in [9.17, 15) is 4.79 Å². The van der Waals surface area contributed by atoms with E-state index in [2.05, 4.69) is 5.32 Å². The zero-order chi connectivity index (χ0) is 14.1. The number of ether oxygens (including phenoxy) is 1. The molecule has 2 fully saturated rings. The highest BCUT2D eigenvalue weighted by molar-refractivity contribution is 7.80. The molecule has 0 saturated carbocycles. The lowest BCUT2D eigenvalue weighted by Crippen LogP contribution is -2.42. The molecule has 2 aliphatic rings. The Balaban J connectivity index is 1.55. The predicted molar refractivity (Wildman–Crippen MR) is 80.5 cm³/mol. The summed E-state index contributed by atoms with van der Waals surface area (Å²) >= 11 is 4.90. The molecule has 0 aromatic heterocycles. The monoisotopic (exact) mass is 290 g/mol. The van der Waals surface area contributed by atoms with Crippen LogP contribution in [0.5, 0.6) is 0 Å². The number of hydrogen-bond acceptors (Lipinski definition) is 3. The maximum absolute atomic E-state index is 12.0. The molecular weight excluding hydrogens is 272 g/mol. The van der Waals surface area contributed by atoms with E-state index < -0.39 is 0 Å². The molecule has 4 nitrogen and oxygen atoms in total. The molecule has 2 bridgehead atoms. The van der Waals surface area contributed by atoms with Crippen LogP contribution in [0.3, 0.4) is 0 Å². The molecule has 3 atom stereocenters. The number of nitrogens with two attached hydrogens (primary N) is 1. The highest BCUT2D eigenvalue weighted by Crippen LogP contribution is 2.34. The lowest BCUT2D eigenvalue weighted by molar-refractivity contribution is -0.121. The summed E-state index contributed by atoms with van der Waals surface area (Å²) in [7, 11) is 0. The van der Waals surface area contributed by atoms with Crippen LogP contribution in [0.25, 0.3) is 0 Å². The van der Waals surface area contributed by atoms with Crippen LogP contribution in [0.1, 0.15) is 30.4 Å². The zero-order valence-electron chi connectivity index (χ0n) is 11.2. The first-order valence-corrected chi connectivity index (χ1v) is 7.36. The van der Waals surface area contributed by atoms with E-state index in [4.69, 9.17) is 22.7 Å². The number of amides is 1. The molecule has 2 heterocycles. The highest BCUT2D eigenvalue weighted by atomic mass is 32.1. The average molecular weight is 290 g/mol. The molecule has 106 valence electrons. The number of carbonyl (C=O) groups excluding carboxylic acids is 1. The smallest absolute Gasteiger partial charge is 0.224 e. The molecule has 20 heavy (non-hydrogen) atoms. The van der Waals surface area contributed by atoms with Crippen LogP contribution >= 0.6 is 12.2 Å². The van der Waals surface area contributed by atoms with E-state index in [0.717, 1.165) is 30.4 Å². The molecule has 3 unspecified atom stereocenters. The molecule has 5 heteroatoms. The Bertz CT molecular complexity index is 529. The summed E-state index contributed by atoms with van der Waals surface area (Å²) in [4.78, 5) is 12.4. The largest absolute Gasteiger partial charge is 0.389 e. The first-order valence-electron chi connectivity index (χ1n) is 6.95. The summed E-state index contributed by atoms with van der Waals surface area (Å²) in [6.45, 7) is 0. The minimum atomic E-state index is 0.0502. The van der Waals surface area contributed by atoms with Crippen LogP contribution in [-0.4, -0.2) is 29.1 Å². The number of hydrogen-bond donors (Lipinski definition) is 2. The number of carbonyl (C=O) groups is 1. The molecule has 0 radical (unpaired) electrons. The third kappa shape index (κ3) is 2.83. The van der Waals surface area contributed by atoms with Crippen LogP contribution < -0.4 is 11.1 Å². The van der Waals surface area contributed by atoms with Gasteiger partial charge in [-0.1, -0.05) is 36.5 Å². The van der Waals surface area contributed by atoms with Gasteiger partial charge in [0.25, 0.3) is 0 Å². The minimum Gasteiger partial charge on any atom is -0.389 e. The fourth-order valence-electron chi connectivity index (χ4n) is 3.02. The second kappa shape index (κ2) is 5.50. The number of fused-ring (bicyclic) bond motifs is 2. The van der Waals surface area contributed by atoms with E-state index >= 15 is 0 Å². The molecule has 1 aromatic carbocycles. The van der Waals surface area contributed by atoms with Crippen molar-refractivity contribution in [2.24, 2.45) is 5.73 Å². The van der Waals surface area contributed by atoms with E-state index in [1.807, 2.05) is 24.3 Å². The Morgan fingerprint density at radius 1 is 1.35 bits per heavy atom. The van der Waals surface area contributed by atoms with E-state index in [1.54, 1.807) is 0 Å². The van der Waals surface area contributed by atoms with Crippen molar-refractivity contribution >= 4 is 23.1 Å². The predicted octanol–water partition coefficient (Wildman–Crippen LogP) is 1.30. The molecule has 0 spiro atoms. The summed E-state index contributed by atoms with van der Waals surface area (Å²) in [6, 6.07) is 7.69. The first kappa shape index (κ1) is 13.5. The number of benzene rings is 1. The van der Waals surface area contributed by atoms with E-state index in [0.29, 0.717) is 17.5 Å². The number of thiocarbonyl (C=S) groups is 1. The minimum absolute atomic E-state index is 0.0502. The van der Waals surface area contributed by atoms with Crippen molar-refractivity contribution in [1.29, 1.82) is 0 Å². The van der Waals surface area contributed by atoms with Gasteiger partial charge in [0.15, 0.2) is 0 Å².